The number of piperidine rings is 2. The van der Waals surface area contributed by atoms with E-state index in [0.717, 1.165) is 77.3 Å². The van der Waals surface area contributed by atoms with Crippen molar-refractivity contribution >= 4 is 63.7 Å². The molecular weight excluding hydrogens is 703 g/mol. The number of rotatable bonds is 9. The van der Waals surface area contributed by atoms with Crippen LogP contribution in [0, 0.1) is 13.8 Å². The third kappa shape index (κ3) is 6.61. The van der Waals surface area contributed by atoms with Gasteiger partial charge in [-0.25, -0.2) is 14.9 Å². The monoisotopic (exact) mass is 745 g/mol. The lowest BCUT2D eigenvalue weighted by atomic mass is 10.0. The van der Waals surface area contributed by atoms with Crippen LogP contribution in [-0.4, -0.2) is 54.5 Å². The summed E-state index contributed by atoms with van der Waals surface area (Å²) in [5.41, 5.74) is 8.28. The van der Waals surface area contributed by atoms with Crippen LogP contribution in [-0.2, 0) is 0 Å². The fraction of sp³-hybridized carbons (Fsp3) is 0.273. The second kappa shape index (κ2) is 14.3. The van der Waals surface area contributed by atoms with Gasteiger partial charge in [0.1, 0.15) is 11.5 Å². The highest BCUT2D eigenvalue weighted by atomic mass is 16.4. The first-order chi connectivity index (χ1) is 27.5. The maximum atomic E-state index is 6.01. The van der Waals surface area contributed by atoms with Crippen LogP contribution in [0.15, 0.2) is 130 Å². The molecule has 10 rings (SSSR count). The molecule has 0 bridgehead atoms. The highest BCUT2D eigenvalue weighted by molar-refractivity contribution is 6.26. The summed E-state index contributed by atoms with van der Waals surface area (Å²) >= 11 is 0. The Hall–Kier alpha value is -6.56. The third-order valence-electron chi connectivity index (χ3n) is 10.8. The van der Waals surface area contributed by atoms with Crippen LogP contribution in [0.5, 0.6) is 0 Å². The topological polar surface area (TPSA) is 123 Å². The standard InChI is InChI=1S/C44H43N9O3/c1-28-11-17-40(55-28)45-35-24-30(51-19-5-3-6-20-51)13-15-33(35)37-26-32-27-38(48-44-50-42(39-10-9-23-54-39)49-43(47-37)53(32)44)34-16-14-31(52-21-7-4-8-22-52)25-36(34)46-41-18-12-29(2)56-41/h9-18,23-27,45-46H,3-8,19-22H2,1-2H3. The Bertz CT molecular complexity index is 2380. The first-order valence-corrected chi connectivity index (χ1v) is 19.6. The first kappa shape index (κ1) is 34.0. The van der Waals surface area contributed by atoms with Crippen molar-refractivity contribution in [2.24, 2.45) is 20.0 Å². The molecule has 0 atom stereocenters. The summed E-state index contributed by atoms with van der Waals surface area (Å²) in [6.07, 6.45) is 13.1. The highest BCUT2D eigenvalue weighted by Gasteiger charge is 2.35. The normalized spacial score (nSPS) is 18.0. The lowest BCUT2D eigenvalue weighted by Crippen LogP contribution is -2.42. The van der Waals surface area contributed by atoms with E-state index < -0.39 is 0 Å². The van der Waals surface area contributed by atoms with Gasteiger partial charge in [-0.1, -0.05) is 0 Å². The quantitative estimate of drug-likeness (QED) is 0.153. The molecule has 2 N–H and O–H groups in total. The number of anilines is 6. The van der Waals surface area contributed by atoms with E-state index in [0.29, 0.717) is 35.3 Å². The highest BCUT2D eigenvalue weighted by Crippen LogP contribution is 2.39. The molecular formula is C44H43N9O3. The number of aliphatic imine (C=N–C) groups is 4. The van der Waals surface area contributed by atoms with Crippen LogP contribution >= 0.6 is 0 Å². The van der Waals surface area contributed by atoms with Gasteiger partial charge in [0, 0.05) is 60.8 Å². The molecule has 0 saturated carbocycles. The van der Waals surface area contributed by atoms with E-state index in [1.165, 1.54) is 49.9 Å². The zero-order chi connectivity index (χ0) is 37.6. The fourth-order valence-corrected chi connectivity index (χ4v) is 7.99. The summed E-state index contributed by atoms with van der Waals surface area (Å²) in [6, 6.07) is 24.6. The van der Waals surface area contributed by atoms with Crippen molar-refractivity contribution < 1.29 is 13.3 Å². The molecule has 2 aromatic carbocycles. The lowest BCUT2D eigenvalue weighted by Gasteiger charge is -2.33. The summed E-state index contributed by atoms with van der Waals surface area (Å²) in [6.45, 7) is 8.04. The second-order valence-electron chi connectivity index (χ2n) is 14.8. The van der Waals surface area contributed by atoms with E-state index in [1.807, 2.05) is 55.1 Å². The minimum Gasteiger partial charge on any atom is -0.461 e. The average Bonchev–Trinajstić information content (AvgIpc) is 4.01. The molecule has 12 heteroatoms. The number of furan rings is 3. The van der Waals surface area contributed by atoms with E-state index in [4.69, 9.17) is 33.2 Å². The molecule has 2 fully saturated rings. The Kier molecular flexibility index (Phi) is 8.65. The van der Waals surface area contributed by atoms with E-state index in [1.54, 1.807) is 6.26 Å². The Morgan fingerprint density at radius 1 is 0.589 bits per heavy atom. The zero-order valence-electron chi connectivity index (χ0n) is 31.6. The van der Waals surface area contributed by atoms with Gasteiger partial charge < -0.3 is 33.7 Å². The van der Waals surface area contributed by atoms with Gasteiger partial charge in [0.25, 0.3) is 0 Å². The molecule has 2 saturated heterocycles. The van der Waals surface area contributed by atoms with Crippen LogP contribution in [0.3, 0.4) is 0 Å². The molecule has 8 heterocycles. The van der Waals surface area contributed by atoms with E-state index in [-0.39, 0.29) is 0 Å². The molecule has 12 nitrogen and oxygen atoms in total. The van der Waals surface area contributed by atoms with Crippen LogP contribution < -0.4 is 20.4 Å². The molecule has 5 aliphatic rings. The van der Waals surface area contributed by atoms with Gasteiger partial charge in [-0.2, -0.15) is 9.98 Å². The van der Waals surface area contributed by atoms with Gasteiger partial charge in [0.15, 0.2) is 17.5 Å². The maximum absolute atomic E-state index is 6.01. The summed E-state index contributed by atoms with van der Waals surface area (Å²) in [4.78, 5) is 27.0. The summed E-state index contributed by atoms with van der Waals surface area (Å²) in [7, 11) is 0. The first-order valence-electron chi connectivity index (χ1n) is 19.6. The van der Waals surface area contributed by atoms with Crippen molar-refractivity contribution in [1.29, 1.82) is 0 Å². The van der Waals surface area contributed by atoms with Crippen molar-refractivity contribution in [2.45, 2.75) is 52.4 Å². The molecule has 5 aliphatic heterocycles. The Labute approximate surface area is 325 Å². The number of benzene rings is 2. The Morgan fingerprint density at radius 3 is 1.79 bits per heavy atom. The van der Waals surface area contributed by atoms with Crippen molar-refractivity contribution in [3.8, 4) is 0 Å². The van der Waals surface area contributed by atoms with Crippen molar-refractivity contribution in [3.63, 3.8) is 0 Å². The van der Waals surface area contributed by atoms with E-state index in [2.05, 4.69) is 69.0 Å². The summed E-state index contributed by atoms with van der Waals surface area (Å²) < 4.78 is 17.8. The van der Waals surface area contributed by atoms with Crippen molar-refractivity contribution in [2.75, 3.05) is 46.6 Å². The Morgan fingerprint density at radius 2 is 1.20 bits per heavy atom. The Balaban J connectivity index is 1.10. The molecule has 0 aliphatic carbocycles. The van der Waals surface area contributed by atoms with Gasteiger partial charge in [0.05, 0.1) is 34.7 Å². The largest absolute Gasteiger partial charge is 0.461 e. The van der Waals surface area contributed by atoms with Crippen molar-refractivity contribution in [1.82, 2.24) is 4.90 Å². The van der Waals surface area contributed by atoms with Gasteiger partial charge >= 0.3 is 0 Å². The predicted molar refractivity (Wildman–Crippen MR) is 223 cm³/mol. The SMILES string of the molecule is Cc1ccc(Nc2cc(N3CCCCC3)ccc2C2=CC3=CC(c4ccc(N5CCCCC5)cc4Nc4ccc(C)o4)=NC4=NC(c5ccco5)=NC(=N2)N34)o1. The van der Waals surface area contributed by atoms with Gasteiger partial charge in [-0.3, -0.25) is 0 Å². The number of aryl methyl sites for hydroxylation is 2. The minimum absolute atomic E-state index is 0.403. The van der Waals surface area contributed by atoms with Crippen molar-refractivity contribution in [3.05, 3.63) is 125 Å². The number of hydrogen-bond donors (Lipinski definition) is 2. The molecule has 5 aromatic rings. The molecule has 56 heavy (non-hydrogen) atoms. The van der Waals surface area contributed by atoms with Gasteiger partial charge in [-0.15, -0.1) is 0 Å². The summed E-state index contributed by atoms with van der Waals surface area (Å²) in [5, 5.41) is 7.14. The predicted octanol–water partition coefficient (Wildman–Crippen LogP) is 9.77. The average molecular weight is 746 g/mol. The molecule has 3 aromatic heterocycles. The van der Waals surface area contributed by atoms with Gasteiger partial charge in [-0.05, 0) is 125 Å². The van der Waals surface area contributed by atoms with Crippen LogP contribution in [0.25, 0.3) is 5.70 Å². The van der Waals surface area contributed by atoms with Crippen LogP contribution in [0.2, 0.25) is 0 Å². The zero-order valence-corrected chi connectivity index (χ0v) is 31.6. The lowest BCUT2D eigenvalue weighted by molar-refractivity contribution is 0.550. The second-order valence-corrected chi connectivity index (χ2v) is 14.8. The number of nitrogens with zero attached hydrogens (tertiary/aromatic N) is 7. The van der Waals surface area contributed by atoms with Gasteiger partial charge in [0.2, 0.25) is 17.8 Å². The number of nitrogens with one attached hydrogen (secondary N) is 2. The van der Waals surface area contributed by atoms with E-state index >= 15 is 0 Å². The molecule has 0 amide bonds. The summed E-state index contributed by atoms with van der Waals surface area (Å²) in [5.74, 6) is 4.86. The van der Waals surface area contributed by atoms with Crippen LogP contribution in [0.4, 0.5) is 34.5 Å². The maximum Gasteiger partial charge on any atom is 0.239 e. The molecule has 0 radical (unpaired) electrons. The number of allylic oxidation sites excluding steroid dienone is 2. The third-order valence-corrected chi connectivity index (χ3v) is 10.8. The fourth-order valence-electron chi connectivity index (χ4n) is 7.99. The smallest absolute Gasteiger partial charge is 0.239 e. The number of hydrogen-bond acceptors (Lipinski definition) is 12. The van der Waals surface area contributed by atoms with E-state index in [9.17, 15) is 0 Å². The number of amidine groups is 1. The van der Waals surface area contributed by atoms with Crippen LogP contribution in [0.1, 0.15) is 66.9 Å². The molecule has 282 valence electrons. The molecule has 0 spiro atoms. The number of guanidine groups is 2. The molecule has 0 unspecified atom stereocenters. The minimum atomic E-state index is 0.403.